The number of anilines is 1. The molecular formula is C27H22ClFN4O2S. The number of thioether (sulfide) groups is 1. The summed E-state index contributed by atoms with van der Waals surface area (Å²) in [6.45, 7) is 2.03. The van der Waals surface area contributed by atoms with E-state index in [1.165, 1.54) is 23.9 Å². The minimum absolute atomic E-state index is 0.0776. The molecule has 0 bridgehead atoms. The number of rotatable bonds is 5. The molecule has 0 saturated carbocycles. The van der Waals surface area contributed by atoms with E-state index in [1.54, 1.807) is 17.1 Å². The highest BCUT2D eigenvalue weighted by Gasteiger charge is 2.39. The van der Waals surface area contributed by atoms with Crippen LogP contribution in [-0.2, 0) is 9.59 Å². The van der Waals surface area contributed by atoms with Crippen molar-refractivity contribution in [3.63, 3.8) is 0 Å². The summed E-state index contributed by atoms with van der Waals surface area (Å²) in [6, 6.07) is 21.4. The largest absolute Gasteiger partial charge is 0.324 e. The first-order valence-corrected chi connectivity index (χ1v) is 12.7. The van der Waals surface area contributed by atoms with Crippen molar-refractivity contribution < 1.29 is 14.0 Å². The Bertz CT molecular complexity index is 1380. The van der Waals surface area contributed by atoms with E-state index in [0.717, 1.165) is 22.4 Å². The van der Waals surface area contributed by atoms with E-state index in [-0.39, 0.29) is 18.2 Å². The third-order valence-electron chi connectivity index (χ3n) is 5.99. The predicted octanol–water partition coefficient (Wildman–Crippen LogP) is 5.97. The molecule has 2 aliphatic rings. The Morgan fingerprint density at radius 1 is 1.11 bits per heavy atom. The molecule has 2 amide bonds. The molecule has 2 aliphatic heterocycles. The molecule has 1 N–H and O–H groups in total. The van der Waals surface area contributed by atoms with Crippen LogP contribution in [0.15, 0.2) is 82.9 Å². The van der Waals surface area contributed by atoms with Crippen LogP contribution in [0, 0.1) is 12.7 Å². The van der Waals surface area contributed by atoms with Crippen LogP contribution in [0.4, 0.5) is 10.1 Å². The summed E-state index contributed by atoms with van der Waals surface area (Å²) in [5.74, 6) is -1.40. The van der Waals surface area contributed by atoms with Gasteiger partial charge < -0.3 is 5.32 Å². The number of hydrogen-bond acceptors (Lipinski definition) is 5. The van der Waals surface area contributed by atoms with Crippen LogP contribution in [0.3, 0.4) is 0 Å². The van der Waals surface area contributed by atoms with E-state index >= 15 is 0 Å². The van der Waals surface area contributed by atoms with Crippen molar-refractivity contribution in [3.05, 3.63) is 100 Å². The molecule has 0 aromatic heterocycles. The number of halogens is 2. The Morgan fingerprint density at radius 2 is 1.83 bits per heavy atom. The van der Waals surface area contributed by atoms with E-state index in [4.69, 9.17) is 16.7 Å². The summed E-state index contributed by atoms with van der Waals surface area (Å²) in [4.78, 5) is 29.5. The fraction of sp³-hybridized carbons (Fsp3) is 0.185. The fourth-order valence-electron chi connectivity index (χ4n) is 4.09. The average Bonchev–Trinajstić information content (AvgIpc) is 3.45. The molecule has 0 unspecified atom stereocenters. The molecule has 6 nitrogen and oxygen atoms in total. The molecule has 182 valence electrons. The van der Waals surface area contributed by atoms with Crippen LogP contribution in [0.25, 0.3) is 0 Å². The average molecular weight is 521 g/mol. The zero-order valence-electron chi connectivity index (χ0n) is 19.3. The van der Waals surface area contributed by atoms with Crippen molar-refractivity contribution in [2.24, 2.45) is 10.1 Å². The lowest BCUT2D eigenvalue weighted by Gasteiger charge is -2.23. The minimum Gasteiger partial charge on any atom is -0.324 e. The van der Waals surface area contributed by atoms with Crippen molar-refractivity contribution in [2.75, 3.05) is 5.32 Å². The van der Waals surface area contributed by atoms with Crippen molar-refractivity contribution in [1.82, 2.24) is 5.01 Å². The van der Waals surface area contributed by atoms with Gasteiger partial charge in [0, 0.05) is 17.9 Å². The van der Waals surface area contributed by atoms with Gasteiger partial charge in [-0.3, -0.25) is 9.59 Å². The summed E-state index contributed by atoms with van der Waals surface area (Å²) in [6.07, 6.45) is 0.496. The van der Waals surface area contributed by atoms with Crippen LogP contribution in [-0.4, -0.2) is 33.0 Å². The maximum absolute atomic E-state index is 13.9. The topological polar surface area (TPSA) is 74.1 Å². The van der Waals surface area contributed by atoms with E-state index in [1.807, 2.05) is 55.5 Å². The molecule has 3 aromatic carbocycles. The first kappa shape index (κ1) is 24.2. The van der Waals surface area contributed by atoms with Gasteiger partial charge in [-0.25, -0.2) is 9.40 Å². The van der Waals surface area contributed by atoms with Gasteiger partial charge in [0.2, 0.25) is 5.91 Å². The number of hydrogen-bond donors (Lipinski definition) is 1. The quantitative estimate of drug-likeness (QED) is 0.450. The van der Waals surface area contributed by atoms with E-state index in [9.17, 15) is 14.0 Å². The Morgan fingerprint density at radius 3 is 2.56 bits per heavy atom. The number of hydrazone groups is 1. The number of nitrogens with one attached hydrogen (secondary N) is 1. The third-order valence-corrected chi connectivity index (χ3v) is 7.39. The molecule has 0 saturated heterocycles. The van der Waals surface area contributed by atoms with Gasteiger partial charge in [-0.2, -0.15) is 10.1 Å². The molecule has 0 spiro atoms. The number of nitrogens with zero attached hydrogens (tertiary/aromatic N) is 3. The smallest absolute Gasteiger partial charge is 0.262 e. The maximum Gasteiger partial charge on any atom is 0.262 e. The Kier molecular flexibility index (Phi) is 6.89. The standard InChI is InChI=1S/C27H22ClFN4O2S/c1-16-6-8-17(9-7-16)22-14-23(18-10-12-19(28)13-11-18)33(32-22)27-31-26(35)24(36-27)15-25(34)30-21-5-3-2-4-20(21)29/h2-13,23-24H,14-15H2,1H3,(H,30,34)/t23-,24+/m1/s1. The second-order valence-corrected chi connectivity index (χ2v) is 10.2. The van der Waals surface area contributed by atoms with Gasteiger partial charge in [-0.05, 0) is 42.3 Å². The van der Waals surface area contributed by atoms with Gasteiger partial charge in [-0.1, -0.05) is 77.5 Å². The summed E-state index contributed by atoms with van der Waals surface area (Å²) < 4.78 is 13.9. The molecule has 9 heteroatoms. The number of amidine groups is 1. The molecule has 2 heterocycles. The molecule has 0 radical (unpaired) electrons. The van der Waals surface area contributed by atoms with Crippen LogP contribution in [0.5, 0.6) is 0 Å². The van der Waals surface area contributed by atoms with Crippen LogP contribution in [0.1, 0.15) is 35.6 Å². The molecule has 0 fully saturated rings. The first-order valence-electron chi connectivity index (χ1n) is 11.4. The zero-order valence-corrected chi connectivity index (χ0v) is 20.9. The number of benzene rings is 3. The van der Waals surface area contributed by atoms with Crippen molar-refractivity contribution >= 4 is 51.7 Å². The van der Waals surface area contributed by atoms with Gasteiger partial charge in [0.15, 0.2) is 5.17 Å². The number of amides is 2. The lowest BCUT2D eigenvalue weighted by molar-refractivity contribution is -0.121. The summed E-state index contributed by atoms with van der Waals surface area (Å²) in [7, 11) is 0. The van der Waals surface area contributed by atoms with Gasteiger partial charge in [0.25, 0.3) is 5.91 Å². The Labute approximate surface area is 217 Å². The Hall–Kier alpha value is -3.49. The van der Waals surface area contributed by atoms with E-state index in [2.05, 4.69) is 10.3 Å². The van der Waals surface area contributed by atoms with Gasteiger partial charge in [0.1, 0.15) is 11.1 Å². The first-order chi connectivity index (χ1) is 17.4. The van der Waals surface area contributed by atoms with E-state index < -0.39 is 22.9 Å². The third kappa shape index (κ3) is 5.20. The maximum atomic E-state index is 13.9. The van der Waals surface area contributed by atoms with Crippen LogP contribution in [0.2, 0.25) is 5.02 Å². The normalized spacial score (nSPS) is 19.3. The molecule has 2 atom stereocenters. The molecular weight excluding hydrogens is 499 g/mol. The van der Waals surface area contributed by atoms with Gasteiger partial charge in [0.05, 0.1) is 17.4 Å². The monoisotopic (exact) mass is 520 g/mol. The summed E-state index contributed by atoms with van der Waals surface area (Å²) in [5.41, 5.74) is 4.10. The SMILES string of the molecule is Cc1ccc(C2=NN(C3=NC(=O)[C@H](CC(=O)Nc4ccccc4F)S3)[C@@H](c3ccc(Cl)cc3)C2)cc1. The number of carbonyl (C=O) groups excluding carboxylic acids is 2. The van der Waals surface area contributed by atoms with Gasteiger partial charge in [-0.15, -0.1) is 0 Å². The molecule has 36 heavy (non-hydrogen) atoms. The number of aliphatic imine (C=N–C) groups is 1. The second-order valence-electron chi connectivity index (χ2n) is 8.60. The van der Waals surface area contributed by atoms with Gasteiger partial charge >= 0.3 is 0 Å². The predicted molar refractivity (Wildman–Crippen MR) is 142 cm³/mol. The van der Waals surface area contributed by atoms with Crippen molar-refractivity contribution in [2.45, 2.75) is 31.1 Å². The summed E-state index contributed by atoms with van der Waals surface area (Å²) in [5, 5.41) is 9.49. The highest BCUT2D eigenvalue weighted by molar-refractivity contribution is 8.15. The van der Waals surface area contributed by atoms with Crippen LogP contribution >= 0.6 is 23.4 Å². The zero-order chi connectivity index (χ0) is 25.2. The molecule has 5 rings (SSSR count). The fourth-order valence-corrected chi connectivity index (χ4v) is 5.28. The van der Waals surface area contributed by atoms with Crippen molar-refractivity contribution in [1.29, 1.82) is 0 Å². The van der Waals surface area contributed by atoms with Crippen LogP contribution < -0.4 is 5.32 Å². The molecule has 0 aliphatic carbocycles. The lowest BCUT2D eigenvalue weighted by atomic mass is 9.98. The van der Waals surface area contributed by atoms with E-state index in [0.29, 0.717) is 16.6 Å². The highest BCUT2D eigenvalue weighted by atomic mass is 35.5. The number of para-hydroxylation sites is 1. The highest BCUT2D eigenvalue weighted by Crippen LogP contribution is 2.39. The lowest BCUT2D eigenvalue weighted by Crippen LogP contribution is -2.25. The van der Waals surface area contributed by atoms with Crippen molar-refractivity contribution in [3.8, 4) is 0 Å². The number of carbonyl (C=O) groups is 2. The number of aryl methyl sites for hydroxylation is 1. The minimum atomic E-state index is -0.712. The molecule has 3 aromatic rings. The summed E-state index contributed by atoms with van der Waals surface area (Å²) >= 11 is 7.30. The second kappa shape index (κ2) is 10.2. The Balaban J connectivity index is 1.36.